The van der Waals surface area contributed by atoms with Crippen molar-refractivity contribution >= 4 is 43.9 Å². The molecular formula is C24H25N5O2S. The monoisotopic (exact) mass is 447 g/mol. The summed E-state index contributed by atoms with van der Waals surface area (Å²) in [6.07, 6.45) is 1.58. The maximum absolute atomic E-state index is 13.0. The minimum absolute atomic E-state index is 0.106. The fourth-order valence-electron chi connectivity index (χ4n) is 4.50. The number of rotatable bonds is 5. The number of aryl methyl sites for hydroxylation is 1. The van der Waals surface area contributed by atoms with E-state index in [1.54, 1.807) is 17.8 Å². The third-order valence-electron chi connectivity index (χ3n) is 6.28. The maximum atomic E-state index is 13.0. The highest BCUT2D eigenvalue weighted by molar-refractivity contribution is 7.20. The van der Waals surface area contributed by atoms with E-state index in [1.807, 2.05) is 0 Å². The molecule has 0 unspecified atom stereocenters. The zero-order valence-electron chi connectivity index (χ0n) is 18.0. The molecule has 2 aromatic heterocycles. The van der Waals surface area contributed by atoms with Crippen LogP contribution in [0.1, 0.15) is 15.2 Å². The van der Waals surface area contributed by atoms with Crippen molar-refractivity contribution in [3.05, 3.63) is 69.6 Å². The number of benzene rings is 2. The maximum Gasteiger partial charge on any atom is 0.262 e. The number of hydrogen-bond acceptors (Lipinski definition) is 6. The van der Waals surface area contributed by atoms with Gasteiger partial charge in [-0.15, -0.1) is 11.3 Å². The molecule has 5 rings (SSSR count). The zero-order chi connectivity index (χ0) is 22.2. The molecule has 2 aromatic carbocycles. The van der Waals surface area contributed by atoms with Crippen LogP contribution in [0.15, 0.2) is 53.6 Å². The Kier molecular flexibility index (Phi) is 5.40. The molecule has 1 saturated heterocycles. The van der Waals surface area contributed by atoms with E-state index >= 15 is 0 Å². The number of fused-ring (bicyclic) bond motifs is 2. The molecular weight excluding hydrogens is 422 g/mol. The molecule has 0 aliphatic carbocycles. The first kappa shape index (κ1) is 20.7. The predicted octanol–water partition coefficient (Wildman–Crippen LogP) is 2.84. The molecule has 4 aromatic rings. The average Bonchev–Trinajstić information content (AvgIpc) is 3.16. The number of piperazine rings is 1. The van der Waals surface area contributed by atoms with E-state index in [-0.39, 0.29) is 5.56 Å². The number of carbonyl (C=O) groups is 1. The van der Waals surface area contributed by atoms with Crippen LogP contribution >= 0.6 is 11.3 Å². The number of primary amides is 1. The molecule has 0 bridgehead atoms. The average molecular weight is 448 g/mol. The first-order valence-corrected chi connectivity index (χ1v) is 11.6. The summed E-state index contributed by atoms with van der Waals surface area (Å²) in [4.78, 5) is 34.8. The molecule has 1 amide bonds. The van der Waals surface area contributed by atoms with Gasteiger partial charge >= 0.3 is 0 Å². The molecule has 3 heterocycles. The second-order valence-electron chi connectivity index (χ2n) is 8.17. The van der Waals surface area contributed by atoms with Crippen LogP contribution in [0.3, 0.4) is 0 Å². The number of anilines is 1. The Morgan fingerprint density at radius 2 is 1.81 bits per heavy atom. The SMILES string of the molecule is Cc1c(C(N)=O)sc2ncn(CCN3CCN(c4cccc5ccccc45)CC3)c(=O)c12. The highest BCUT2D eigenvalue weighted by atomic mass is 32.1. The van der Waals surface area contributed by atoms with Gasteiger partial charge in [0.05, 0.1) is 16.6 Å². The predicted molar refractivity (Wildman–Crippen MR) is 130 cm³/mol. The lowest BCUT2D eigenvalue weighted by atomic mass is 10.1. The summed E-state index contributed by atoms with van der Waals surface area (Å²) >= 11 is 1.18. The standard InChI is InChI=1S/C24H25N5O2S/c1-16-20-23(32-21(16)22(25)30)26-15-29(24(20)31)14-11-27-9-12-28(13-10-27)19-8-4-6-17-5-2-3-7-18(17)19/h2-8,15H,9-14H2,1H3,(H2,25,30). The Labute approximate surface area is 189 Å². The second-order valence-corrected chi connectivity index (χ2v) is 9.17. The Bertz CT molecular complexity index is 1360. The molecule has 1 aliphatic rings. The van der Waals surface area contributed by atoms with E-state index in [1.165, 1.54) is 27.8 Å². The van der Waals surface area contributed by atoms with Gasteiger partial charge in [0.25, 0.3) is 11.5 Å². The molecule has 32 heavy (non-hydrogen) atoms. The van der Waals surface area contributed by atoms with Crippen molar-refractivity contribution in [2.75, 3.05) is 37.6 Å². The number of aromatic nitrogens is 2. The normalized spacial score (nSPS) is 15.0. The second kappa shape index (κ2) is 8.37. The van der Waals surface area contributed by atoms with Crippen LogP contribution in [0.2, 0.25) is 0 Å². The highest BCUT2D eigenvalue weighted by Gasteiger charge is 2.20. The van der Waals surface area contributed by atoms with E-state index < -0.39 is 5.91 Å². The molecule has 0 radical (unpaired) electrons. The minimum atomic E-state index is -0.513. The van der Waals surface area contributed by atoms with E-state index in [4.69, 9.17) is 5.73 Å². The lowest BCUT2D eigenvalue weighted by Gasteiger charge is -2.36. The summed E-state index contributed by atoms with van der Waals surface area (Å²) in [5.41, 5.74) is 7.24. The third kappa shape index (κ3) is 3.65. The number of hydrogen-bond donors (Lipinski definition) is 1. The largest absolute Gasteiger partial charge is 0.368 e. The summed E-state index contributed by atoms with van der Waals surface area (Å²) in [5.74, 6) is -0.513. The van der Waals surface area contributed by atoms with Gasteiger partial charge < -0.3 is 10.6 Å². The van der Waals surface area contributed by atoms with Crippen molar-refractivity contribution in [2.24, 2.45) is 5.73 Å². The van der Waals surface area contributed by atoms with Gasteiger partial charge in [0, 0.05) is 50.3 Å². The first-order valence-electron chi connectivity index (χ1n) is 10.8. The molecule has 164 valence electrons. The van der Waals surface area contributed by atoms with Crippen molar-refractivity contribution in [3.63, 3.8) is 0 Å². The van der Waals surface area contributed by atoms with E-state index in [0.717, 1.165) is 32.7 Å². The van der Waals surface area contributed by atoms with Crippen molar-refractivity contribution in [3.8, 4) is 0 Å². The van der Waals surface area contributed by atoms with Crippen molar-refractivity contribution in [1.29, 1.82) is 0 Å². The molecule has 1 aliphatic heterocycles. The Balaban J connectivity index is 1.27. The van der Waals surface area contributed by atoms with Gasteiger partial charge in [0.15, 0.2) is 0 Å². The number of thiophene rings is 1. The van der Waals surface area contributed by atoms with Crippen LogP contribution in [-0.4, -0.2) is 53.1 Å². The fraction of sp³-hybridized carbons (Fsp3) is 0.292. The summed E-state index contributed by atoms with van der Waals surface area (Å²) in [7, 11) is 0. The third-order valence-corrected chi connectivity index (χ3v) is 7.49. The zero-order valence-corrected chi connectivity index (χ0v) is 18.8. The van der Waals surface area contributed by atoms with Crippen LogP contribution in [0.4, 0.5) is 5.69 Å². The molecule has 0 saturated carbocycles. The molecule has 8 heteroatoms. The van der Waals surface area contributed by atoms with E-state index in [0.29, 0.717) is 27.2 Å². The minimum Gasteiger partial charge on any atom is -0.368 e. The lowest BCUT2D eigenvalue weighted by Crippen LogP contribution is -2.47. The van der Waals surface area contributed by atoms with E-state index in [9.17, 15) is 9.59 Å². The highest BCUT2D eigenvalue weighted by Crippen LogP contribution is 2.28. The van der Waals surface area contributed by atoms with E-state index in [2.05, 4.69) is 57.2 Å². The first-order chi connectivity index (χ1) is 15.5. The Hall–Kier alpha value is -3.23. The number of nitrogens with zero attached hydrogens (tertiary/aromatic N) is 4. The Morgan fingerprint density at radius 3 is 2.59 bits per heavy atom. The van der Waals surface area contributed by atoms with Crippen LogP contribution in [0, 0.1) is 6.92 Å². The summed E-state index contributed by atoms with van der Waals surface area (Å²) < 4.78 is 1.64. The van der Waals surface area contributed by atoms with Gasteiger partial charge in [-0.1, -0.05) is 36.4 Å². The van der Waals surface area contributed by atoms with Gasteiger partial charge in [0.1, 0.15) is 4.83 Å². The number of nitrogens with two attached hydrogens (primary N) is 1. The lowest BCUT2D eigenvalue weighted by molar-refractivity contribution is 0.100. The molecule has 0 atom stereocenters. The van der Waals surface area contributed by atoms with Gasteiger partial charge in [0.2, 0.25) is 0 Å². The van der Waals surface area contributed by atoms with Crippen LogP contribution < -0.4 is 16.2 Å². The molecule has 1 fully saturated rings. The van der Waals surface area contributed by atoms with Crippen LogP contribution in [0.25, 0.3) is 21.0 Å². The van der Waals surface area contributed by atoms with Crippen LogP contribution in [0.5, 0.6) is 0 Å². The molecule has 2 N–H and O–H groups in total. The van der Waals surface area contributed by atoms with Gasteiger partial charge in [-0.2, -0.15) is 0 Å². The number of carbonyl (C=O) groups excluding carboxylic acids is 1. The van der Waals surface area contributed by atoms with Gasteiger partial charge in [-0.05, 0) is 23.9 Å². The summed E-state index contributed by atoms with van der Waals surface area (Å²) in [6.45, 7) is 6.89. The van der Waals surface area contributed by atoms with Crippen molar-refractivity contribution < 1.29 is 4.79 Å². The summed E-state index contributed by atoms with van der Waals surface area (Å²) in [5, 5.41) is 3.06. The van der Waals surface area contributed by atoms with Gasteiger partial charge in [-0.25, -0.2) is 4.98 Å². The molecule has 7 nitrogen and oxygen atoms in total. The number of amides is 1. The van der Waals surface area contributed by atoms with Crippen molar-refractivity contribution in [1.82, 2.24) is 14.5 Å². The topological polar surface area (TPSA) is 84.5 Å². The van der Waals surface area contributed by atoms with Crippen LogP contribution in [-0.2, 0) is 6.54 Å². The Morgan fingerprint density at radius 1 is 1.06 bits per heavy atom. The smallest absolute Gasteiger partial charge is 0.262 e. The molecule has 0 spiro atoms. The van der Waals surface area contributed by atoms with Gasteiger partial charge in [-0.3, -0.25) is 19.1 Å². The quantitative estimate of drug-likeness (QED) is 0.509. The fourth-order valence-corrected chi connectivity index (χ4v) is 5.49. The van der Waals surface area contributed by atoms with Crippen molar-refractivity contribution in [2.45, 2.75) is 13.5 Å². The summed E-state index contributed by atoms with van der Waals surface area (Å²) in [6, 6.07) is 15.0.